The first-order valence-corrected chi connectivity index (χ1v) is 6.61. The Balaban J connectivity index is 2.00. The van der Waals surface area contributed by atoms with Gasteiger partial charge in [-0.25, -0.2) is 4.39 Å². The topological polar surface area (TPSA) is 12.0 Å². The van der Waals surface area contributed by atoms with Crippen LogP contribution in [0.1, 0.15) is 35.2 Å². The zero-order valence-corrected chi connectivity index (χ0v) is 11.7. The van der Waals surface area contributed by atoms with E-state index in [1.165, 1.54) is 22.8 Å². The van der Waals surface area contributed by atoms with Crippen LogP contribution in [0, 0.1) is 19.7 Å². The molecule has 100 valence electrons. The fourth-order valence-corrected chi connectivity index (χ4v) is 2.08. The fourth-order valence-electron chi connectivity index (χ4n) is 2.08. The lowest BCUT2D eigenvalue weighted by Gasteiger charge is -2.15. The van der Waals surface area contributed by atoms with Crippen molar-refractivity contribution in [2.24, 2.45) is 0 Å². The molecule has 0 radical (unpaired) electrons. The van der Waals surface area contributed by atoms with Gasteiger partial charge in [-0.2, -0.15) is 0 Å². The van der Waals surface area contributed by atoms with Crippen molar-refractivity contribution < 1.29 is 4.39 Å². The molecular formula is C17H20FN. The smallest absolute Gasteiger partial charge is 0.123 e. The van der Waals surface area contributed by atoms with Crippen molar-refractivity contribution in [1.29, 1.82) is 0 Å². The second-order valence-corrected chi connectivity index (χ2v) is 5.08. The van der Waals surface area contributed by atoms with Gasteiger partial charge in [0.25, 0.3) is 0 Å². The summed E-state index contributed by atoms with van der Waals surface area (Å²) in [4.78, 5) is 0. The maximum absolute atomic E-state index is 13.2. The minimum absolute atomic E-state index is 0.136. The molecule has 0 fully saturated rings. The summed E-state index contributed by atoms with van der Waals surface area (Å²) in [6.07, 6.45) is 0. The predicted molar refractivity (Wildman–Crippen MR) is 77.6 cm³/mol. The first kappa shape index (κ1) is 13.8. The van der Waals surface area contributed by atoms with Crippen molar-refractivity contribution in [3.05, 3.63) is 70.5 Å². The summed E-state index contributed by atoms with van der Waals surface area (Å²) in [5, 5.41) is 3.42. The maximum Gasteiger partial charge on any atom is 0.123 e. The van der Waals surface area contributed by atoms with Gasteiger partial charge in [-0.15, -0.1) is 0 Å². The average Bonchev–Trinajstić information content (AvgIpc) is 2.40. The molecule has 19 heavy (non-hydrogen) atoms. The van der Waals surface area contributed by atoms with E-state index in [9.17, 15) is 4.39 Å². The third kappa shape index (κ3) is 3.65. The highest BCUT2D eigenvalue weighted by molar-refractivity contribution is 5.30. The number of halogens is 1. The highest BCUT2D eigenvalue weighted by Gasteiger charge is 2.06. The highest BCUT2D eigenvalue weighted by atomic mass is 19.1. The van der Waals surface area contributed by atoms with Crippen LogP contribution >= 0.6 is 0 Å². The number of benzene rings is 2. The Morgan fingerprint density at radius 1 is 1.05 bits per heavy atom. The lowest BCUT2D eigenvalue weighted by Crippen LogP contribution is -2.18. The monoisotopic (exact) mass is 257 g/mol. The first-order chi connectivity index (χ1) is 9.06. The average molecular weight is 257 g/mol. The van der Waals surface area contributed by atoms with E-state index in [4.69, 9.17) is 0 Å². The fraction of sp³-hybridized carbons (Fsp3) is 0.294. The van der Waals surface area contributed by atoms with Crippen LogP contribution in [0.5, 0.6) is 0 Å². The molecule has 0 saturated carbocycles. The Hall–Kier alpha value is -1.67. The van der Waals surface area contributed by atoms with Crippen molar-refractivity contribution >= 4 is 0 Å². The van der Waals surface area contributed by atoms with Gasteiger partial charge in [0.2, 0.25) is 0 Å². The van der Waals surface area contributed by atoms with Gasteiger partial charge in [0.1, 0.15) is 5.82 Å². The molecule has 2 rings (SSSR count). The van der Waals surface area contributed by atoms with Crippen molar-refractivity contribution in [2.75, 3.05) is 0 Å². The van der Waals surface area contributed by atoms with Crippen LogP contribution in [0.25, 0.3) is 0 Å². The van der Waals surface area contributed by atoms with Crippen LogP contribution in [-0.2, 0) is 6.54 Å². The molecule has 0 saturated heterocycles. The van der Waals surface area contributed by atoms with Gasteiger partial charge in [0, 0.05) is 12.6 Å². The molecule has 1 nitrogen and oxygen atoms in total. The van der Waals surface area contributed by atoms with Crippen LogP contribution in [0.4, 0.5) is 4.39 Å². The van der Waals surface area contributed by atoms with Crippen LogP contribution in [0.2, 0.25) is 0 Å². The molecule has 0 bridgehead atoms. The Labute approximate surface area is 114 Å². The van der Waals surface area contributed by atoms with Crippen LogP contribution in [0.15, 0.2) is 42.5 Å². The molecule has 0 unspecified atom stereocenters. The van der Waals surface area contributed by atoms with E-state index in [1.807, 2.05) is 6.07 Å². The zero-order chi connectivity index (χ0) is 13.8. The number of hydrogen-bond donors (Lipinski definition) is 1. The van der Waals surface area contributed by atoms with E-state index in [1.54, 1.807) is 12.1 Å². The molecule has 0 amide bonds. The third-order valence-electron chi connectivity index (χ3n) is 3.53. The van der Waals surface area contributed by atoms with Gasteiger partial charge in [-0.3, -0.25) is 0 Å². The second-order valence-electron chi connectivity index (χ2n) is 5.08. The number of nitrogens with one attached hydrogen (secondary N) is 1. The zero-order valence-electron chi connectivity index (χ0n) is 11.7. The van der Waals surface area contributed by atoms with Crippen molar-refractivity contribution in [2.45, 2.75) is 33.4 Å². The highest BCUT2D eigenvalue weighted by Crippen LogP contribution is 2.15. The van der Waals surface area contributed by atoms with Crippen LogP contribution in [-0.4, -0.2) is 0 Å². The first-order valence-electron chi connectivity index (χ1n) is 6.61. The lowest BCUT2D eigenvalue weighted by molar-refractivity contribution is 0.565. The van der Waals surface area contributed by atoms with E-state index in [0.717, 1.165) is 12.1 Å². The van der Waals surface area contributed by atoms with E-state index >= 15 is 0 Å². The Kier molecular flexibility index (Phi) is 4.33. The van der Waals surface area contributed by atoms with Gasteiger partial charge < -0.3 is 5.32 Å². The summed E-state index contributed by atoms with van der Waals surface area (Å²) in [7, 11) is 0. The van der Waals surface area contributed by atoms with Crippen molar-refractivity contribution in [1.82, 2.24) is 5.32 Å². The SMILES string of the molecule is Cc1ccc(CN[C@@H](C)c2cccc(F)c2)cc1C. The number of aryl methyl sites for hydroxylation is 2. The molecule has 0 spiro atoms. The van der Waals surface area contributed by atoms with E-state index < -0.39 is 0 Å². The molecule has 2 aromatic carbocycles. The summed E-state index contributed by atoms with van der Waals surface area (Å²) in [5.74, 6) is -0.183. The van der Waals surface area contributed by atoms with Gasteiger partial charge in [-0.1, -0.05) is 30.3 Å². The molecule has 2 aromatic rings. The standard InChI is InChI=1S/C17H20FN/c1-12-7-8-15(9-13(12)2)11-19-14(3)16-5-4-6-17(18)10-16/h4-10,14,19H,11H2,1-3H3/t14-/m0/s1. The molecule has 0 aliphatic carbocycles. The number of rotatable bonds is 4. The van der Waals surface area contributed by atoms with Gasteiger partial charge in [0.15, 0.2) is 0 Å². The van der Waals surface area contributed by atoms with E-state index in [0.29, 0.717) is 0 Å². The third-order valence-corrected chi connectivity index (χ3v) is 3.53. The minimum atomic E-state index is -0.183. The summed E-state index contributed by atoms with van der Waals surface area (Å²) in [6, 6.07) is 13.3. The molecule has 0 aromatic heterocycles. The minimum Gasteiger partial charge on any atom is -0.306 e. The van der Waals surface area contributed by atoms with Crippen LogP contribution < -0.4 is 5.32 Å². The lowest BCUT2D eigenvalue weighted by atomic mass is 10.1. The molecule has 0 aliphatic heterocycles. The molecular weight excluding hydrogens is 237 g/mol. The predicted octanol–water partition coefficient (Wildman–Crippen LogP) is 4.29. The quantitative estimate of drug-likeness (QED) is 0.861. The van der Waals surface area contributed by atoms with Crippen molar-refractivity contribution in [3.63, 3.8) is 0 Å². The molecule has 2 heteroatoms. The number of hydrogen-bond acceptors (Lipinski definition) is 1. The van der Waals surface area contributed by atoms with Crippen molar-refractivity contribution in [3.8, 4) is 0 Å². The van der Waals surface area contributed by atoms with Gasteiger partial charge in [0.05, 0.1) is 0 Å². The normalized spacial score (nSPS) is 12.4. The molecule has 0 aliphatic rings. The molecule has 1 atom stereocenters. The molecule has 0 heterocycles. The maximum atomic E-state index is 13.2. The van der Waals surface area contributed by atoms with Crippen LogP contribution in [0.3, 0.4) is 0 Å². The Morgan fingerprint density at radius 3 is 2.53 bits per heavy atom. The summed E-state index contributed by atoms with van der Waals surface area (Å²) < 4.78 is 13.2. The van der Waals surface area contributed by atoms with E-state index in [-0.39, 0.29) is 11.9 Å². The van der Waals surface area contributed by atoms with E-state index in [2.05, 4.69) is 44.3 Å². The largest absolute Gasteiger partial charge is 0.306 e. The summed E-state index contributed by atoms with van der Waals surface area (Å²) >= 11 is 0. The van der Waals surface area contributed by atoms with Gasteiger partial charge in [-0.05, 0) is 55.2 Å². The molecule has 1 N–H and O–H groups in total. The summed E-state index contributed by atoms with van der Waals surface area (Å²) in [6.45, 7) is 7.07. The Bertz CT molecular complexity index is 563. The Morgan fingerprint density at radius 2 is 1.84 bits per heavy atom. The van der Waals surface area contributed by atoms with Gasteiger partial charge >= 0.3 is 0 Å². The summed E-state index contributed by atoms with van der Waals surface area (Å²) in [5.41, 5.74) is 4.84. The second kappa shape index (κ2) is 5.98.